The highest BCUT2D eigenvalue weighted by Gasteiger charge is 2.65. The lowest BCUT2D eigenvalue weighted by molar-refractivity contribution is -0.228. The van der Waals surface area contributed by atoms with Crippen molar-refractivity contribution in [3.8, 4) is 0 Å². The monoisotopic (exact) mass is 478 g/mol. The molecular weight excluding hydrogens is 428 g/mol. The molecule has 4 aliphatic carbocycles. The van der Waals surface area contributed by atoms with Crippen LogP contribution in [0.25, 0.3) is 0 Å². The highest BCUT2D eigenvalue weighted by atomic mass is 16.6. The minimum Gasteiger partial charge on any atom is -0.393 e. The number of hydrogen-bond acceptors (Lipinski definition) is 5. The summed E-state index contributed by atoms with van der Waals surface area (Å²) in [5.41, 5.74) is 0.145. The molecule has 5 rings (SSSR count). The van der Waals surface area contributed by atoms with Crippen molar-refractivity contribution in [2.45, 2.75) is 123 Å². The molecule has 0 amide bonds. The standard InChI is InChI=1S/C29H50O5/c1-15(2)17-12-23(34-24(31)13-17)16(3)19-6-7-20-25-21(9-11-28(19,20)4)29(5)10-8-18(30)14-22(29)26(32)27(25)33/h15-27,30-33H,6-14H2,1-5H3/t16-,17-,18-,19+,20-,21-,22+,23-,24?,25-,26+,27+,28+,29+/m0/s1. The van der Waals surface area contributed by atoms with Crippen molar-refractivity contribution in [2.24, 2.45) is 58.2 Å². The van der Waals surface area contributed by atoms with Crippen LogP contribution in [0.4, 0.5) is 0 Å². The molecule has 0 radical (unpaired) electrons. The molecule has 1 saturated heterocycles. The molecule has 0 spiro atoms. The van der Waals surface area contributed by atoms with Gasteiger partial charge in [0.15, 0.2) is 6.29 Å². The third-order valence-corrected chi connectivity index (χ3v) is 12.3. The summed E-state index contributed by atoms with van der Waals surface area (Å²) in [5.74, 6) is 2.94. The summed E-state index contributed by atoms with van der Waals surface area (Å²) in [4.78, 5) is 0. The van der Waals surface area contributed by atoms with Crippen LogP contribution >= 0.6 is 0 Å². The highest BCUT2D eigenvalue weighted by molar-refractivity contribution is 5.14. The van der Waals surface area contributed by atoms with Gasteiger partial charge >= 0.3 is 0 Å². The van der Waals surface area contributed by atoms with E-state index < -0.39 is 18.5 Å². The Hall–Kier alpha value is -0.200. The minimum absolute atomic E-state index is 0.00178. The van der Waals surface area contributed by atoms with Gasteiger partial charge in [-0.05, 0) is 110 Å². The Bertz CT molecular complexity index is 742. The molecule has 0 aromatic rings. The molecule has 34 heavy (non-hydrogen) atoms. The molecule has 14 atom stereocenters. The molecule has 0 bridgehead atoms. The van der Waals surface area contributed by atoms with E-state index in [1.807, 2.05) is 0 Å². The van der Waals surface area contributed by atoms with E-state index >= 15 is 0 Å². The fourth-order valence-corrected chi connectivity index (χ4v) is 10.3. The average Bonchev–Trinajstić information content (AvgIpc) is 3.14. The van der Waals surface area contributed by atoms with E-state index in [1.54, 1.807) is 0 Å². The maximum Gasteiger partial charge on any atom is 0.155 e. The molecule has 5 aliphatic rings. The van der Waals surface area contributed by atoms with E-state index in [1.165, 1.54) is 6.42 Å². The molecule has 4 saturated carbocycles. The van der Waals surface area contributed by atoms with Gasteiger partial charge in [0, 0.05) is 6.42 Å². The van der Waals surface area contributed by atoms with Crippen LogP contribution in [0.5, 0.6) is 0 Å². The van der Waals surface area contributed by atoms with Crippen LogP contribution in [0.3, 0.4) is 0 Å². The van der Waals surface area contributed by atoms with Gasteiger partial charge in [0.1, 0.15) is 0 Å². The number of rotatable bonds is 3. The lowest BCUT2D eigenvalue weighted by Crippen LogP contribution is -2.64. The Morgan fingerprint density at radius 1 is 0.735 bits per heavy atom. The molecule has 1 unspecified atom stereocenters. The molecular formula is C29H50O5. The van der Waals surface area contributed by atoms with Gasteiger partial charge in [0.25, 0.3) is 0 Å². The molecule has 5 nitrogen and oxygen atoms in total. The maximum absolute atomic E-state index is 11.5. The second-order valence-corrected chi connectivity index (χ2v) is 14.0. The molecule has 4 N–H and O–H groups in total. The van der Waals surface area contributed by atoms with E-state index in [4.69, 9.17) is 4.74 Å². The van der Waals surface area contributed by atoms with E-state index in [-0.39, 0.29) is 34.9 Å². The molecule has 196 valence electrons. The number of fused-ring (bicyclic) bond motifs is 5. The number of aliphatic hydroxyl groups excluding tert-OH is 4. The van der Waals surface area contributed by atoms with Crippen molar-refractivity contribution in [1.82, 2.24) is 0 Å². The van der Waals surface area contributed by atoms with Gasteiger partial charge in [0.05, 0.1) is 24.4 Å². The van der Waals surface area contributed by atoms with Gasteiger partial charge in [-0.3, -0.25) is 0 Å². The highest BCUT2D eigenvalue weighted by Crippen LogP contribution is 2.68. The smallest absolute Gasteiger partial charge is 0.155 e. The zero-order valence-corrected chi connectivity index (χ0v) is 22.1. The van der Waals surface area contributed by atoms with Crippen LogP contribution in [-0.2, 0) is 4.74 Å². The summed E-state index contributed by atoms with van der Waals surface area (Å²) in [7, 11) is 0. The Balaban J connectivity index is 1.38. The van der Waals surface area contributed by atoms with Crippen LogP contribution in [0, 0.1) is 58.2 Å². The van der Waals surface area contributed by atoms with Crippen LogP contribution in [0.1, 0.15) is 92.4 Å². The Labute approximate surface area is 206 Å². The van der Waals surface area contributed by atoms with E-state index in [0.717, 1.165) is 44.9 Å². The van der Waals surface area contributed by atoms with Gasteiger partial charge in [-0.1, -0.05) is 34.6 Å². The van der Waals surface area contributed by atoms with E-state index in [2.05, 4.69) is 34.6 Å². The molecule has 0 aromatic carbocycles. The molecule has 5 heteroatoms. The van der Waals surface area contributed by atoms with Crippen LogP contribution in [0.15, 0.2) is 0 Å². The van der Waals surface area contributed by atoms with Gasteiger partial charge in [-0.25, -0.2) is 0 Å². The lowest BCUT2D eigenvalue weighted by atomic mass is 9.43. The van der Waals surface area contributed by atoms with Crippen molar-refractivity contribution in [1.29, 1.82) is 0 Å². The molecule has 0 aromatic heterocycles. The number of aliphatic hydroxyl groups is 4. The van der Waals surface area contributed by atoms with Crippen molar-refractivity contribution in [3.63, 3.8) is 0 Å². The van der Waals surface area contributed by atoms with Crippen LogP contribution in [-0.4, -0.2) is 51.1 Å². The third-order valence-electron chi connectivity index (χ3n) is 12.3. The van der Waals surface area contributed by atoms with Gasteiger partial charge in [-0.2, -0.15) is 0 Å². The van der Waals surface area contributed by atoms with Crippen molar-refractivity contribution in [2.75, 3.05) is 0 Å². The summed E-state index contributed by atoms with van der Waals surface area (Å²) in [6.07, 6.45) is 6.39. The number of ether oxygens (including phenoxy) is 1. The summed E-state index contributed by atoms with van der Waals surface area (Å²) in [6.45, 7) is 11.7. The first-order valence-electron chi connectivity index (χ1n) is 14.3. The average molecular weight is 479 g/mol. The van der Waals surface area contributed by atoms with Crippen LogP contribution in [0.2, 0.25) is 0 Å². The second kappa shape index (κ2) is 8.97. The lowest BCUT2D eigenvalue weighted by Gasteiger charge is -2.63. The summed E-state index contributed by atoms with van der Waals surface area (Å²) < 4.78 is 6.15. The Morgan fingerprint density at radius 2 is 1.41 bits per heavy atom. The topological polar surface area (TPSA) is 90.2 Å². The number of hydrogen-bond donors (Lipinski definition) is 4. The predicted octanol–water partition coefficient (Wildman–Crippen LogP) is 4.35. The van der Waals surface area contributed by atoms with Gasteiger partial charge in [-0.15, -0.1) is 0 Å². The molecule has 5 fully saturated rings. The third kappa shape index (κ3) is 3.83. The first-order chi connectivity index (χ1) is 16.0. The predicted molar refractivity (Wildman–Crippen MR) is 132 cm³/mol. The summed E-state index contributed by atoms with van der Waals surface area (Å²) >= 11 is 0. The first-order valence-corrected chi connectivity index (χ1v) is 14.3. The van der Waals surface area contributed by atoms with E-state index in [9.17, 15) is 20.4 Å². The van der Waals surface area contributed by atoms with E-state index in [0.29, 0.717) is 41.9 Å². The largest absolute Gasteiger partial charge is 0.393 e. The molecule has 1 aliphatic heterocycles. The molecule has 1 heterocycles. The normalized spacial score (nSPS) is 56.5. The quantitative estimate of drug-likeness (QED) is 0.484. The van der Waals surface area contributed by atoms with Crippen molar-refractivity contribution >= 4 is 0 Å². The second-order valence-electron chi connectivity index (χ2n) is 14.0. The summed E-state index contributed by atoms with van der Waals surface area (Å²) in [6, 6.07) is 0. The SMILES string of the molecule is CC(C)[C@@H]1CC(O)O[C@H]([C@@H](C)[C@H]2CC[C@H]3[C@@H]4[C@@H](O)[C@H](O)[C@H]5C[C@@H](O)CC[C@]5(C)[C@H]4CC[C@]23C)C1. The van der Waals surface area contributed by atoms with Gasteiger partial charge < -0.3 is 25.2 Å². The van der Waals surface area contributed by atoms with Crippen molar-refractivity contribution in [3.05, 3.63) is 0 Å². The Kier molecular flexibility index (Phi) is 6.72. The fourth-order valence-electron chi connectivity index (χ4n) is 10.3. The van der Waals surface area contributed by atoms with Crippen LogP contribution < -0.4 is 0 Å². The zero-order valence-electron chi connectivity index (χ0n) is 22.1. The summed E-state index contributed by atoms with van der Waals surface area (Å²) in [5, 5.41) is 43.6. The van der Waals surface area contributed by atoms with Gasteiger partial charge in [0.2, 0.25) is 0 Å². The maximum atomic E-state index is 11.5. The first kappa shape index (κ1) is 25.4. The van der Waals surface area contributed by atoms with Crippen molar-refractivity contribution < 1.29 is 25.2 Å². The zero-order chi connectivity index (χ0) is 24.6. The Morgan fingerprint density at radius 3 is 2.12 bits per heavy atom. The fraction of sp³-hybridized carbons (Fsp3) is 1.00. The minimum atomic E-state index is -0.733.